The Morgan fingerprint density at radius 3 is 1.43 bits per heavy atom. The quantitative estimate of drug-likeness (QED) is 0.612. The molecular weight excluding hydrogens is 287 g/mol. The molecular formula is C15H31N2O3P. The highest BCUT2D eigenvalue weighted by atomic mass is 31.2. The van der Waals surface area contributed by atoms with E-state index in [9.17, 15) is 9.79 Å². The van der Waals surface area contributed by atoms with Gasteiger partial charge in [0.15, 0.2) is 0 Å². The van der Waals surface area contributed by atoms with Gasteiger partial charge in [0.05, 0.1) is 63.0 Å². The maximum atomic E-state index is 9.99. The van der Waals surface area contributed by atoms with Crippen LogP contribution in [0.3, 0.4) is 0 Å². The molecule has 0 aliphatic heterocycles. The van der Waals surface area contributed by atoms with Gasteiger partial charge in [-0.15, -0.1) is 0 Å². The van der Waals surface area contributed by atoms with Crippen molar-refractivity contribution < 1.29 is 23.3 Å². The number of quaternary nitrogens is 2. The van der Waals surface area contributed by atoms with Crippen LogP contribution in [0.4, 0.5) is 0 Å². The van der Waals surface area contributed by atoms with E-state index in [2.05, 4.69) is 60.9 Å². The van der Waals surface area contributed by atoms with Crippen molar-refractivity contribution in [3.05, 3.63) is 35.9 Å². The van der Waals surface area contributed by atoms with Crippen LogP contribution >= 0.6 is 8.60 Å². The van der Waals surface area contributed by atoms with Gasteiger partial charge in [-0.3, -0.25) is 0 Å². The van der Waals surface area contributed by atoms with Gasteiger partial charge < -0.3 is 23.3 Å². The first kappa shape index (κ1) is 22.7. The zero-order valence-corrected chi connectivity index (χ0v) is 15.6. The molecule has 0 unspecified atom stereocenters. The zero-order valence-electron chi connectivity index (χ0n) is 14.7. The van der Waals surface area contributed by atoms with Crippen molar-refractivity contribution >= 4 is 8.60 Å². The van der Waals surface area contributed by atoms with Crippen LogP contribution < -0.4 is 9.79 Å². The molecule has 124 valence electrons. The molecule has 0 atom stereocenters. The highest BCUT2D eigenvalue weighted by Gasteiger charge is 1.89. The summed E-state index contributed by atoms with van der Waals surface area (Å²) in [5, 5.41) is 0. The van der Waals surface area contributed by atoms with Gasteiger partial charge in [-0.25, -0.2) is 0 Å². The highest BCUT2D eigenvalue weighted by Crippen LogP contribution is 2.15. The Morgan fingerprint density at radius 2 is 1.14 bits per heavy atom. The van der Waals surface area contributed by atoms with E-state index < -0.39 is 8.60 Å². The predicted octanol–water partition coefficient (Wildman–Crippen LogP) is 0.796. The minimum atomic E-state index is -2.72. The lowest BCUT2D eigenvalue weighted by Gasteiger charge is -2.28. The molecule has 1 aromatic carbocycles. The first-order valence-corrected chi connectivity index (χ1v) is 7.77. The largest absolute Gasteiger partial charge is 0.820 e. The molecule has 0 saturated heterocycles. The molecule has 0 N–H and O–H groups in total. The Kier molecular flexibility index (Phi) is 12.0. The molecule has 0 saturated carbocycles. The van der Waals surface area contributed by atoms with Crippen LogP contribution in [-0.4, -0.2) is 65.3 Å². The maximum Gasteiger partial charge on any atom is 0.0727 e. The molecule has 0 radical (unpaired) electrons. The summed E-state index contributed by atoms with van der Waals surface area (Å²) in [7, 11) is 14.3. The van der Waals surface area contributed by atoms with E-state index in [0.717, 1.165) is 14.5 Å². The minimum absolute atomic E-state index is 0.125. The van der Waals surface area contributed by atoms with Gasteiger partial charge in [0.25, 0.3) is 0 Å². The molecule has 5 nitrogen and oxygen atoms in total. The first-order valence-electron chi connectivity index (χ1n) is 6.68. The number of hydrogen-bond acceptors (Lipinski definition) is 3. The number of nitrogens with zero attached hydrogens (tertiary/aromatic N) is 2. The third-order valence-corrected chi connectivity index (χ3v) is 1.52. The molecule has 6 heteroatoms. The van der Waals surface area contributed by atoms with Crippen molar-refractivity contribution in [1.29, 1.82) is 0 Å². The van der Waals surface area contributed by atoms with Gasteiger partial charge in [0.1, 0.15) is 0 Å². The standard InChI is InChI=1S/C7H7O3P.2C4H12N/c8-11(9)10-6-7-4-2-1-3-5-7;2*1-5(2,3)4/h1-5H,6H2;2*1-4H3/q-2;2*+1. The average molecular weight is 318 g/mol. The van der Waals surface area contributed by atoms with Crippen molar-refractivity contribution in [2.24, 2.45) is 0 Å². The fourth-order valence-electron chi connectivity index (χ4n) is 0.701. The Hall–Kier alpha value is -0.550. The average Bonchev–Trinajstić information content (AvgIpc) is 2.23. The van der Waals surface area contributed by atoms with E-state index in [-0.39, 0.29) is 6.61 Å². The fourth-order valence-corrected chi connectivity index (χ4v) is 0.956. The Morgan fingerprint density at radius 1 is 0.810 bits per heavy atom. The van der Waals surface area contributed by atoms with E-state index in [1.807, 2.05) is 18.2 Å². The van der Waals surface area contributed by atoms with Crippen molar-refractivity contribution in [2.45, 2.75) is 6.61 Å². The molecule has 0 amide bonds. The van der Waals surface area contributed by atoms with Crippen LogP contribution in [0.25, 0.3) is 0 Å². The van der Waals surface area contributed by atoms with Gasteiger partial charge in [-0.2, -0.15) is 8.60 Å². The second-order valence-electron chi connectivity index (χ2n) is 7.35. The van der Waals surface area contributed by atoms with Crippen molar-refractivity contribution in [1.82, 2.24) is 0 Å². The summed E-state index contributed by atoms with van der Waals surface area (Å²) >= 11 is 0. The normalized spacial score (nSPS) is 11.2. The van der Waals surface area contributed by atoms with E-state index >= 15 is 0 Å². The minimum Gasteiger partial charge on any atom is -0.820 e. The van der Waals surface area contributed by atoms with E-state index in [1.165, 1.54) is 0 Å². The number of benzene rings is 1. The third kappa shape index (κ3) is 38.2. The maximum absolute atomic E-state index is 9.99. The summed E-state index contributed by atoms with van der Waals surface area (Å²) < 4.78 is 6.38. The highest BCUT2D eigenvalue weighted by molar-refractivity contribution is 7.36. The molecule has 0 fully saturated rings. The summed E-state index contributed by atoms with van der Waals surface area (Å²) in [6, 6.07) is 9.13. The summed E-state index contributed by atoms with van der Waals surface area (Å²) in [4.78, 5) is 20.0. The second kappa shape index (κ2) is 11.1. The zero-order chi connectivity index (χ0) is 17.1. The van der Waals surface area contributed by atoms with E-state index in [1.54, 1.807) is 12.1 Å². The monoisotopic (exact) mass is 318 g/mol. The molecule has 1 aromatic rings. The van der Waals surface area contributed by atoms with Crippen LogP contribution in [0, 0.1) is 0 Å². The van der Waals surface area contributed by atoms with E-state index in [0.29, 0.717) is 0 Å². The van der Waals surface area contributed by atoms with Crippen LogP contribution in [0.1, 0.15) is 5.56 Å². The van der Waals surface area contributed by atoms with Crippen molar-refractivity contribution in [3.63, 3.8) is 0 Å². The number of hydrogen-bond donors (Lipinski definition) is 0. The van der Waals surface area contributed by atoms with Crippen molar-refractivity contribution in [3.8, 4) is 0 Å². The molecule has 0 aliphatic rings. The van der Waals surface area contributed by atoms with Crippen LogP contribution in [-0.2, 0) is 11.1 Å². The molecule has 1 rings (SSSR count). The van der Waals surface area contributed by atoms with Gasteiger partial charge in [-0.05, 0) is 5.56 Å². The van der Waals surface area contributed by atoms with Gasteiger partial charge in [0.2, 0.25) is 0 Å². The summed E-state index contributed by atoms with van der Waals surface area (Å²) in [6.45, 7) is 0.125. The Balaban J connectivity index is 0. The van der Waals surface area contributed by atoms with Crippen LogP contribution in [0.5, 0.6) is 0 Å². The molecule has 0 spiro atoms. The third-order valence-electron chi connectivity index (χ3n) is 1.18. The fraction of sp³-hybridized carbons (Fsp3) is 0.600. The molecule has 0 aromatic heterocycles. The SMILES string of the molecule is C[N+](C)(C)C.C[N+](C)(C)C.[O-]P([O-])OCc1ccccc1. The lowest BCUT2D eigenvalue weighted by molar-refractivity contribution is -0.849. The van der Waals surface area contributed by atoms with E-state index in [4.69, 9.17) is 0 Å². The molecule has 0 bridgehead atoms. The summed E-state index contributed by atoms with van der Waals surface area (Å²) in [6.07, 6.45) is 0. The van der Waals surface area contributed by atoms with Gasteiger partial charge in [0, 0.05) is 0 Å². The molecule has 0 heterocycles. The molecule has 21 heavy (non-hydrogen) atoms. The van der Waals surface area contributed by atoms with Gasteiger partial charge in [-0.1, -0.05) is 30.3 Å². The van der Waals surface area contributed by atoms with Gasteiger partial charge >= 0.3 is 0 Å². The lowest BCUT2D eigenvalue weighted by atomic mass is 10.2. The summed E-state index contributed by atoms with van der Waals surface area (Å²) in [5.41, 5.74) is 0.853. The smallest absolute Gasteiger partial charge is 0.0727 e. The Bertz CT molecular complexity index is 322. The number of rotatable bonds is 3. The topological polar surface area (TPSA) is 55.3 Å². The Labute approximate surface area is 131 Å². The van der Waals surface area contributed by atoms with Crippen LogP contribution in [0.15, 0.2) is 30.3 Å². The second-order valence-corrected chi connectivity index (χ2v) is 8.05. The predicted molar refractivity (Wildman–Crippen MR) is 86.1 cm³/mol. The first-order chi connectivity index (χ1) is 9.29. The van der Waals surface area contributed by atoms with Crippen molar-refractivity contribution in [2.75, 3.05) is 56.4 Å². The lowest BCUT2D eigenvalue weighted by Crippen LogP contribution is -2.27. The van der Waals surface area contributed by atoms with Crippen LogP contribution in [0.2, 0.25) is 0 Å². The molecule has 0 aliphatic carbocycles. The summed E-state index contributed by atoms with van der Waals surface area (Å²) in [5.74, 6) is 0.